The number of anilines is 4. The van der Waals surface area contributed by atoms with Crippen LogP contribution in [0.15, 0.2) is 91.0 Å². The van der Waals surface area contributed by atoms with E-state index in [1.54, 1.807) is 10.7 Å². The number of nitro groups is 1. The Morgan fingerprint density at radius 2 is 0.753 bits per heavy atom. The first-order valence-electron chi connectivity index (χ1n) is 25.7. The van der Waals surface area contributed by atoms with Crippen LogP contribution < -0.4 is 29.1 Å². The molecule has 0 amide bonds. The summed E-state index contributed by atoms with van der Waals surface area (Å²) in [6, 6.07) is 30.4. The van der Waals surface area contributed by atoms with E-state index in [2.05, 4.69) is 165 Å². The van der Waals surface area contributed by atoms with Gasteiger partial charge in [-0.15, -0.1) is 0 Å². The van der Waals surface area contributed by atoms with E-state index in [9.17, 15) is 10.1 Å². The van der Waals surface area contributed by atoms with Crippen LogP contribution in [0.1, 0.15) is 106 Å². The number of hydrogen-bond acceptors (Lipinski definition) is 8. The summed E-state index contributed by atoms with van der Waals surface area (Å²) in [5, 5.41) is 10.7. The van der Waals surface area contributed by atoms with Gasteiger partial charge in [0.05, 0.1) is 0 Å². The second-order valence-corrected chi connectivity index (χ2v) is 31.9. The third-order valence-electron chi connectivity index (χ3n) is 12.6. The number of hydrogen-bond donors (Lipinski definition) is 0. The zero-order valence-corrected chi connectivity index (χ0v) is 54.0. The zero-order valence-electron chi connectivity index (χ0n) is 47.5. The average molecular weight is 1300 g/mol. The smallest absolute Gasteiger partial charge is 0.0146 e. The molecule has 15 heteroatoms. The van der Waals surface area contributed by atoms with Crippen molar-refractivity contribution >= 4 is 76.4 Å². The molecule has 6 aromatic carbocycles. The quantitative estimate of drug-likeness (QED) is 0.0550. The van der Waals surface area contributed by atoms with Crippen LogP contribution in [0.4, 0.5) is 28.4 Å². The van der Waals surface area contributed by atoms with Gasteiger partial charge in [-0.1, -0.05) is 70.8 Å². The van der Waals surface area contributed by atoms with E-state index in [0.717, 1.165) is 37.5 Å². The topological polar surface area (TPSA) is 74.6 Å². The molecule has 9 nitrogen and oxygen atoms in total. The van der Waals surface area contributed by atoms with Gasteiger partial charge in [-0.3, -0.25) is 0 Å². The number of rotatable bonds is 11. The largest absolute Gasteiger partial charge is 0.502 e. The maximum Gasteiger partial charge on any atom is 0.0146 e. The van der Waals surface area contributed by atoms with Crippen molar-refractivity contribution in [2.75, 3.05) is 45.8 Å². The van der Waals surface area contributed by atoms with Crippen molar-refractivity contribution in [2.24, 2.45) is 0 Å². The normalized spacial score (nSPS) is 13.3. The Bertz CT molecular complexity index is 2750. The van der Waals surface area contributed by atoms with Crippen LogP contribution in [0.5, 0.6) is 11.5 Å². The predicted molar refractivity (Wildman–Crippen MR) is 325 cm³/mol. The third kappa shape index (κ3) is 18.4. The molecule has 0 aromatic heterocycles. The van der Waals surface area contributed by atoms with E-state index in [0.29, 0.717) is 11.3 Å². The van der Waals surface area contributed by atoms with Crippen molar-refractivity contribution in [3.8, 4) is 11.5 Å². The van der Waals surface area contributed by atoms with Crippen molar-refractivity contribution in [3.63, 3.8) is 0 Å². The van der Waals surface area contributed by atoms with Crippen LogP contribution in [-0.2, 0) is 27.0 Å². The fourth-order valence-corrected chi connectivity index (χ4v) is 14.0. The fourth-order valence-electron chi connectivity index (χ4n) is 10.4. The molecule has 0 saturated carbocycles. The van der Waals surface area contributed by atoms with Gasteiger partial charge in [0.1, 0.15) is 0 Å². The van der Waals surface area contributed by atoms with Crippen LogP contribution in [0, 0.1) is 107 Å². The van der Waals surface area contributed by atoms with E-state index in [-0.39, 0.29) is 17.9 Å². The van der Waals surface area contributed by atoms with Gasteiger partial charge in [0.15, 0.2) is 0 Å². The molecule has 0 atom stereocenters. The summed E-state index contributed by atoms with van der Waals surface area (Å²) in [7, 11) is 23.2. The molecule has 0 bridgehead atoms. The van der Waals surface area contributed by atoms with Crippen LogP contribution >= 0.6 is 38.8 Å². The molecule has 77 heavy (non-hydrogen) atoms. The molecule has 0 N–H and O–H groups in total. The van der Waals surface area contributed by atoms with Crippen molar-refractivity contribution in [1.82, 2.24) is 0 Å². The van der Waals surface area contributed by atoms with Gasteiger partial charge in [-0.2, -0.15) is 13.3 Å². The van der Waals surface area contributed by atoms with Crippen LogP contribution in [0.2, 0.25) is 0 Å². The fraction of sp³-hybridized carbons (Fsp3) is 0.355. The number of halogens is 4. The van der Waals surface area contributed by atoms with Crippen molar-refractivity contribution in [1.29, 1.82) is 0 Å². The second kappa shape index (κ2) is 29.2. The van der Waals surface area contributed by atoms with Gasteiger partial charge >= 0.3 is 210 Å². The van der Waals surface area contributed by atoms with Gasteiger partial charge in [0.2, 0.25) is 0 Å². The number of benzene rings is 6. The molecule has 0 radical (unpaired) electrons. The summed E-state index contributed by atoms with van der Waals surface area (Å²) in [5.41, 5.74) is 23.2. The summed E-state index contributed by atoms with van der Waals surface area (Å²) >= 11 is -3.82. The molecule has 0 aliphatic carbocycles. The molecule has 0 spiro atoms. The van der Waals surface area contributed by atoms with Crippen molar-refractivity contribution in [3.05, 3.63) is 192 Å². The van der Waals surface area contributed by atoms with Crippen molar-refractivity contribution in [2.45, 2.75) is 123 Å². The first-order chi connectivity index (χ1) is 36.2. The first-order valence-corrected chi connectivity index (χ1v) is 36.6. The summed E-state index contributed by atoms with van der Waals surface area (Å²) in [6.45, 7) is 42.9. The molecule has 2 aliphatic heterocycles. The number of non-ortho nitro benzene ring substituents is 1. The minimum absolute atomic E-state index is 0.00360. The van der Waals surface area contributed by atoms with E-state index < -0.39 is 32.0 Å². The number of nitro benzene ring substituents is 1. The molecule has 8 rings (SSSR count). The van der Waals surface area contributed by atoms with Crippen molar-refractivity contribution < 1.29 is 41.4 Å². The zero-order chi connectivity index (χ0) is 57.0. The molecule has 0 unspecified atom stereocenters. The first kappa shape index (κ1) is 63.5. The van der Waals surface area contributed by atoms with Gasteiger partial charge < -0.3 is 19.6 Å². The monoisotopic (exact) mass is 1300 g/mol. The Kier molecular flexibility index (Phi) is 24.1. The predicted octanol–water partition coefficient (Wildman–Crippen LogP) is 17.0. The standard InChI is InChI=1S/2C21H27N2.C10H11NO3.C10H12O.4ClH.2Ru/c2*1-14-9-16(3)20(17(4)10-14)22-7-8-23(13-22)21-18(5)11-15(2)12-19(21)6;1-7(2)14-10-5-4-9(11(12)13)6-8(10)3;1-8(2)11-10-7-5-4-6-9(10)3;;;;;;/h2*9-13H,7-8H2,1-6H3;3-7H,1-2H3;3-8H,1-2H3;4*1H;;/q2*-1;;;;;;;2*+2/p-4. The number of para-hydroxylation sites is 1. The van der Waals surface area contributed by atoms with E-state index >= 15 is 0 Å². The van der Waals surface area contributed by atoms with Gasteiger partial charge in [-0.25, -0.2) is 0 Å². The Hall–Kier alpha value is -4.33. The molecular formula is C62H77Cl4N5O4Ru2-2. The van der Waals surface area contributed by atoms with Gasteiger partial charge in [0, 0.05) is 48.9 Å². The number of aryl methyl sites for hydroxylation is 12. The Balaban J connectivity index is 0.000000193. The maximum atomic E-state index is 10.7. The van der Waals surface area contributed by atoms with Gasteiger partial charge in [0.25, 0.3) is 0 Å². The van der Waals surface area contributed by atoms with E-state index in [1.807, 2.05) is 56.6 Å². The van der Waals surface area contributed by atoms with Crippen LogP contribution in [-0.4, -0.2) is 52.5 Å². The second-order valence-electron chi connectivity index (χ2n) is 20.5. The number of nitrogens with zero attached hydrogens (tertiary/aromatic N) is 5. The Morgan fingerprint density at radius 1 is 0.468 bits per heavy atom. The minimum atomic E-state index is -2.05. The number of ether oxygens (including phenoxy) is 2. The maximum absolute atomic E-state index is 10.7. The Labute approximate surface area is 486 Å². The van der Waals surface area contributed by atoms with E-state index in [4.69, 9.17) is 48.2 Å². The van der Waals surface area contributed by atoms with E-state index in [1.165, 1.54) is 102 Å². The molecule has 6 aromatic rings. The molecule has 2 aliphatic rings. The summed E-state index contributed by atoms with van der Waals surface area (Å²) in [4.78, 5) is 19.8. The molecule has 420 valence electrons. The molecule has 2 fully saturated rings. The molecule has 2 saturated heterocycles. The molecule has 2 heterocycles. The Morgan fingerprint density at radius 3 is 1.04 bits per heavy atom. The summed E-state index contributed by atoms with van der Waals surface area (Å²) in [5.74, 6) is 1.41. The van der Waals surface area contributed by atoms with Crippen LogP contribution in [0.3, 0.4) is 0 Å². The summed E-state index contributed by atoms with van der Waals surface area (Å²) < 4.78 is 14.7. The minimum Gasteiger partial charge on any atom is -0.502 e. The molecular weight excluding hydrogens is 1220 g/mol. The third-order valence-corrected chi connectivity index (χ3v) is 16.3. The average Bonchev–Trinajstić information content (AvgIpc) is 3.97. The summed E-state index contributed by atoms with van der Waals surface area (Å²) in [6.07, 6.45) is 0.144. The van der Waals surface area contributed by atoms with Gasteiger partial charge in [-0.05, 0) is 128 Å². The SMILES string of the molecule is CC(C)Oc1ccc([N+](=O)[O-])cc1[CH]=[Ru]([Cl])[Cl].CC(C)Oc1ccccc1[CH]=[Ru]([Cl])[Cl].Cc1cc(C)c(N2[CH-]N(c3c(C)cc(C)cc3C)CC2)c(C)c1.Cc1cc(C)c(N2[CH-]N(c3c(C)cc(C)cc3C)CC2)c(C)c1. The van der Waals surface area contributed by atoms with Crippen LogP contribution in [0.25, 0.3) is 0 Å².